The molecule has 0 heterocycles. The first-order valence-electron chi connectivity index (χ1n) is 12.3. The van der Waals surface area contributed by atoms with Gasteiger partial charge in [0.1, 0.15) is 11.5 Å². The van der Waals surface area contributed by atoms with E-state index in [0.29, 0.717) is 0 Å². The minimum atomic E-state index is -7.76. The Labute approximate surface area is 232 Å². The lowest BCUT2D eigenvalue weighted by atomic mass is 9.86. The molecule has 238 valence electrons. The highest BCUT2D eigenvalue weighted by molar-refractivity contribution is 5.62. The van der Waals surface area contributed by atoms with E-state index in [4.69, 9.17) is 11.5 Å². The van der Waals surface area contributed by atoms with Gasteiger partial charge in [0.25, 0.3) is 0 Å². The van der Waals surface area contributed by atoms with Crippen molar-refractivity contribution in [1.82, 2.24) is 0 Å². The largest absolute Gasteiger partial charge is 0.495 e. The zero-order chi connectivity index (χ0) is 32.7. The van der Waals surface area contributed by atoms with E-state index in [2.05, 4.69) is 9.47 Å². The first-order valence-corrected chi connectivity index (χ1v) is 12.3. The molecule has 4 nitrogen and oxygen atoms in total. The number of aryl methyl sites for hydroxylation is 2. The van der Waals surface area contributed by atoms with Gasteiger partial charge < -0.3 is 20.9 Å². The second kappa shape index (κ2) is 11.5. The SMILES string of the molecule is CCCc1cc(C(F)(F)C(F)(F)C(F)(F)C(F)(F)C(F)(F)C(F)(F)c2cc(CCC)c(N)c(OC)c2)cc(OC)c1N. The molecule has 0 aliphatic carbocycles. The second-order valence-electron chi connectivity index (χ2n) is 9.45. The number of halogens is 12. The fourth-order valence-corrected chi connectivity index (χ4v) is 4.17. The number of benzene rings is 2. The lowest BCUT2D eigenvalue weighted by molar-refractivity contribution is -0.429. The maximum atomic E-state index is 15.0. The average molecular weight is 628 g/mol. The third-order valence-electron chi connectivity index (χ3n) is 6.63. The van der Waals surface area contributed by atoms with E-state index in [0.717, 1.165) is 14.2 Å². The molecule has 0 aliphatic heterocycles. The molecule has 0 amide bonds. The maximum Gasteiger partial charge on any atom is 0.385 e. The van der Waals surface area contributed by atoms with Crippen molar-refractivity contribution in [2.24, 2.45) is 0 Å². The number of rotatable bonds is 13. The highest BCUT2D eigenvalue weighted by atomic mass is 19.4. The Morgan fingerprint density at radius 3 is 1.05 bits per heavy atom. The third kappa shape index (κ3) is 5.14. The van der Waals surface area contributed by atoms with Crippen LogP contribution in [0.25, 0.3) is 0 Å². The summed E-state index contributed by atoms with van der Waals surface area (Å²) in [7, 11) is 1.68. The molecule has 0 saturated heterocycles. The summed E-state index contributed by atoms with van der Waals surface area (Å²) in [5, 5.41) is 0. The molecule has 0 unspecified atom stereocenters. The van der Waals surface area contributed by atoms with Crippen molar-refractivity contribution in [3.05, 3.63) is 46.5 Å². The molecule has 0 saturated carbocycles. The van der Waals surface area contributed by atoms with E-state index in [1.54, 1.807) is 0 Å². The Balaban J connectivity index is 2.74. The monoisotopic (exact) mass is 628 g/mol. The Morgan fingerprint density at radius 1 is 0.524 bits per heavy atom. The fourth-order valence-electron chi connectivity index (χ4n) is 4.17. The van der Waals surface area contributed by atoms with E-state index in [1.807, 2.05) is 0 Å². The molecule has 16 heteroatoms. The molecule has 0 aromatic heterocycles. The summed E-state index contributed by atoms with van der Waals surface area (Å²) < 4.78 is 187. The van der Waals surface area contributed by atoms with E-state index >= 15 is 0 Å². The number of anilines is 2. The lowest BCUT2D eigenvalue weighted by Gasteiger charge is -2.41. The minimum Gasteiger partial charge on any atom is -0.495 e. The van der Waals surface area contributed by atoms with Crippen molar-refractivity contribution in [3.63, 3.8) is 0 Å². The van der Waals surface area contributed by atoms with Gasteiger partial charge in [0.15, 0.2) is 0 Å². The van der Waals surface area contributed by atoms with Crippen LogP contribution in [0.4, 0.5) is 64.1 Å². The molecule has 2 aromatic carbocycles. The highest BCUT2D eigenvalue weighted by Gasteiger charge is 2.90. The first-order chi connectivity index (χ1) is 19.0. The summed E-state index contributed by atoms with van der Waals surface area (Å²) in [5.41, 5.74) is 5.78. The van der Waals surface area contributed by atoms with Gasteiger partial charge in [-0.05, 0) is 48.2 Å². The van der Waals surface area contributed by atoms with Crippen molar-refractivity contribution >= 4 is 11.4 Å². The van der Waals surface area contributed by atoms with Crippen LogP contribution in [0.1, 0.15) is 48.9 Å². The molecule has 0 fully saturated rings. The Bertz CT molecular complexity index is 1180. The molecular weight excluding hydrogens is 600 g/mol. The Morgan fingerprint density at radius 2 is 0.810 bits per heavy atom. The van der Waals surface area contributed by atoms with Crippen LogP contribution in [-0.2, 0) is 24.7 Å². The summed E-state index contributed by atoms with van der Waals surface area (Å²) in [4.78, 5) is 0. The van der Waals surface area contributed by atoms with Gasteiger partial charge >= 0.3 is 35.5 Å². The van der Waals surface area contributed by atoms with Crippen molar-refractivity contribution in [3.8, 4) is 11.5 Å². The zero-order valence-corrected chi connectivity index (χ0v) is 22.6. The minimum absolute atomic E-state index is 0.0271. The van der Waals surface area contributed by atoms with Crippen LogP contribution in [-0.4, -0.2) is 37.9 Å². The van der Waals surface area contributed by atoms with Crippen molar-refractivity contribution in [2.75, 3.05) is 25.7 Å². The molecule has 2 aromatic rings. The molecule has 0 aliphatic rings. The number of hydrogen-bond donors (Lipinski definition) is 2. The molecule has 0 radical (unpaired) electrons. The molecule has 42 heavy (non-hydrogen) atoms. The average Bonchev–Trinajstić information content (AvgIpc) is 2.90. The summed E-state index contributed by atoms with van der Waals surface area (Å²) in [6.07, 6.45) is -0.0758. The summed E-state index contributed by atoms with van der Waals surface area (Å²) >= 11 is 0. The standard InChI is InChI=1S/C26H28F12N2O2/c1-5-7-13-9-15(11-17(41-3)19(13)39)21(27,28)23(31,32)25(35,36)26(37,38)24(33,34)22(29,30)16-10-14(8-6-2)20(40)18(12-16)42-4/h9-12H,5-8,39-40H2,1-4H3. The quantitative estimate of drug-likeness (QED) is 0.173. The third-order valence-corrected chi connectivity index (χ3v) is 6.63. The van der Waals surface area contributed by atoms with Crippen LogP contribution in [0.5, 0.6) is 11.5 Å². The van der Waals surface area contributed by atoms with Crippen molar-refractivity contribution < 1.29 is 62.2 Å². The summed E-state index contributed by atoms with van der Waals surface area (Å²) in [6.45, 7) is 2.98. The maximum absolute atomic E-state index is 15.0. The Hall–Kier alpha value is -3.20. The van der Waals surface area contributed by atoms with E-state index in [1.165, 1.54) is 13.8 Å². The van der Waals surface area contributed by atoms with Crippen LogP contribution in [0.3, 0.4) is 0 Å². The van der Waals surface area contributed by atoms with Crippen LogP contribution >= 0.6 is 0 Å². The highest BCUT2D eigenvalue weighted by Crippen LogP contribution is 2.64. The number of alkyl halides is 12. The van der Waals surface area contributed by atoms with Crippen LogP contribution in [0, 0.1) is 0 Å². The van der Waals surface area contributed by atoms with Gasteiger partial charge in [0.2, 0.25) is 0 Å². The first kappa shape index (κ1) is 35.0. The fraction of sp³-hybridized carbons (Fsp3) is 0.538. The topological polar surface area (TPSA) is 70.5 Å². The van der Waals surface area contributed by atoms with Gasteiger partial charge in [-0.3, -0.25) is 0 Å². The van der Waals surface area contributed by atoms with Gasteiger partial charge in [-0.1, -0.05) is 26.7 Å². The van der Waals surface area contributed by atoms with E-state index in [9.17, 15) is 52.7 Å². The normalized spacial score (nSPS) is 13.8. The van der Waals surface area contributed by atoms with Crippen molar-refractivity contribution in [1.29, 1.82) is 0 Å². The summed E-state index contributed by atoms with van der Waals surface area (Å²) in [5.74, 6) is -44.4. The van der Waals surface area contributed by atoms with Crippen molar-refractivity contribution in [2.45, 2.75) is 75.1 Å². The molecular formula is C26H28F12N2O2. The predicted octanol–water partition coefficient (Wildman–Crippen LogP) is 8.20. The van der Waals surface area contributed by atoms with Gasteiger partial charge in [-0.15, -0.1) is 0 Å². The van der Waals surface area contributed by atoms with Crippen LogP contribution in [0.2, 0.25) is 0 Å². The molecule has 2 rings (SSSR count). The number of methoxy groups -OCH3 is 2. The second-order valence-corrected chi connectivity index (χ2v) is 9.45. The van der Waals surface area contributed by atoms with Gasteiger partial charge in [-0.25, -0.2) is 0 Å². The summed E-state index contributed by atoms with van der Waals surface area (Å²) in [6, 6.07) is 0.427. The molecule has 4 N–H and O–H groups in total. The molecule has 0 spiro atoms. The lowest BCUT2D eigenvalue weighted by Crippen LogP contribution is -2.69. The van der Waals surface area contributed by atoms with E-state index in [-0.39, 0.29) is 72.5 Å². The smallest absolute Gasteiger partial charge is 0.385 e. The number of nitrogen functional groups attached to an aromatic ring is 2. The predicted molar refractivity (Wildman–Crippen MR) is 130 cm³/mol. The number of hydrogen-bond acceptors (Lipinski definition) is 4. The van der Waals surface area contributed by atoms with Crippen LogP contribution in [0.15, 0.2) is 24.3 Å². The number of ether oxygens (including phenoxy) is 2. The van der Waals surface area contributed by atoms with Crippen LogP contribution < -0.4 is 20.9 Å². The van der Waals surface area contributed by atoms with Gasteiger partial charge in [-0.2, -0.15) is 52.7 Å². The molecule has 0 bridgehead atoms. The molecule has 0 atom stereocenters. The Kier molecular flexibility index (Phi) is 9.56. The van der Waals surface area contributed by atoms with Gasteiger partial charge in [0.05, 0.1) is 25.6 Å². The number of nitrogens with two attached hydrogens (primary N) is 2. The van der Waals surface area contributed by atoms with Gasteiger partial charge in [0, 0.05) is 11.1 Å². The zero-order valence-electron chi connectivity index (χ0n) is 22.6. The van der Waals surface area contributed by atoms with E-state index < -0.39 is 58.2 Å².